The zero-order chi connectivity index (χ0) is 16.5. The largest absolute Gasteiger partial charge is 0.492 e. The summed E-state index contributed by atoms with van der Waals surface area (Å²) in [6.07, 6.45) is 2.17. The highest BCUT2D eigenvalue weighted by Crippen LogP contribution is 2.29. The molecule has 2 rings (SSSR count). The second-order valence-corrected chi connectivity index (χ2v) is 6.17. The van der Waals surface area contributed by atoms with Gasteiger partial charge in [-0.25, -0.2) is 4.98 Å². The van der Waals surface area contributed by atoms with Crippen LogP contribution in [0.25, 0.3) is 0 Å². The predicted octanol–water partition coefficient (Wildman–Crippen LogP) is 3.43. The minimum absolute atomic E-state index is 0.199. The maximum absolute atomic E-state index is 11.3. The number of aromatic nitrogens is 2. The summed E-state index contributed by atoms with van der Waals surface area (Å²) in [7, 11) is 0. The SMILES string of the molecule is CCCCOc1ccccc1SCCOc1nc(C)cc(=O)[nH]1. The summed E-state index contributed by atoms with van der Waals surface area (Å²) < 4.78 is 11.3. The highest BCUT2D eigenvalue weighted by molar-refractivity contribution is 7.99. The Labute approximate surface area is 140 Å². The van der Waals surface area contributed by atoms with Gasteiger partial charge in [-0.05, 0) is 25.5 Å². The number of nitrogens with zero attached hydrogens (tertiary/aromatic N) is 1. The smallest absolute Gasteiger partial charge is 0.296 e. The minimum Gasteiger partial charge on any atom is -0.492 e. The maximum atomic E-state index is 11.3. The van der Waals surface area contributed by atoms with Gasteiger partial charge >= 0.3 is 0 Å². The molecule has 6 heteroatoms. The van der Waals surface area contributed by atoms with Crippen molar-refractivity contribution in [2.75, 3.05) is 19.0 Å². The molecule has 124 valence electrons. The summed E-state index contributed by atoms with van der Waals surface area (Å²) in [5, 5.41) is 0. The van der Waals surface area contributed by atoms with E-state index in [4.69, 9.17) is 9.47 Å². The topological polar surface area (TPSA) is 64.2 Å². The Kier molecular flexibility index (Phi) is 7.00. The number of para-hydroxylation sites is 1. The molecular weight excluding hydrogens is 312 g/mol. The number of thioether (sulfide) groups is 1. The highest BCUT2D eigenvalue weighted by Gasteiger charge is 2.04. The third-order valence-electron chi connectivity index (χ3n) is 3.03. The number of benzene rings is 1. The Bertz CT molecular complexity index is 673. The number of hydrogen-bond acceptors (Lipinski definition) is 5. The fourth-order valence-corrected chi connectivity index (χ4v) is 2.76. The molecule has 0 aliphatic heterocycles. The quantitative estimate of drug-likeness (QED) is 0.562. The van der Waals surface area contributed by atoms with E-state index in [0.717, 1.165) is 35.8 Å². The number of ether oxygens (including phenoxy) is 2. The van der Waals surface area contributed by atoms with Gasteiger partial charge in [0.1, 0.15) is 12.4 Å². The Morgan fingerprint density at radius 2 is 2.04 bits per heavy atom. The van der Waals surface area contributed by atoms with Crippen molar-refractivity contribution < 1.29 is 9.47 Å². The van der Waals surface area contributed by atoms with Crippen molar-refractivity contribution in [2.45, 2.75) is 31.6 Å². The van der Waals surface area contributed by atoms with E-state index in [-0.39, 0.29) is 11.6 Å². The van der Waals surface area contributed by atoms with E-state index in [9.17, 15) is 4.79 Å². The molecule has 1 aromatic carbocycles. The van der Waals surface area contributed by atoms with Gasteiger partial charge in [-0.3, -0.25) is 9.78 Å². The Hall–Kier alpha value is -1.95. The molecule has 0 aliphatic carbocycles. The van der Waals surface area contributed by atoms with E-state index in [1.807, 2.05) is 24.3 Å². The lowest BCUT2D eigenvalue weighted by atomic mass is 10.3. The van der Waals surface area contributed by atoms with Crippen LogP contribution in [0.4, 0.5) is 0 Å². The van der Waals surface area contributed by atoms with Gasteiger partial charge in [0.15, 0.2) is 0 Å². The first-order chi connectivity index (χ1) is 11.2. The van der Waals surface area contributed by atoms with Crippen molar-refractivity contribution in [3.8, 4) is 11.8 Å². The third-order valence-corrected chi connectivity index (χ3v) is 4.05. The van der Waals surface area contributed by atoms with E-state index in [1.54, 1.807) is 18.7 Å². The fourth-order valence-electron chi connectivity index (χ4n) is 1.93. The average Bonchev–Trinajstić information content (AvgIpc) is 2.52. The Morgan fingerprint density at radius 3 is 2.83 bits per heavy atom. The van der Waals surface area contributed by atoms with Crippen LogP contribution in [-0.2, 0) is 0 Å². The molecule has 0 spiro atoms. The molecule has 0 amide bonds. The normalized spacial score (nSPS) is 10.5. The van der Waals surface area contributed by atoms with Crippen LogP contribution in [0.3, 0.4) is 0 Å². The first kappa shape index (κ1) is 17.4. The van der Waals surface area contributed by atoms with Crippen LogP contribution in [-0.4, -0.2) is 28.9 Å². The van der Waals surface area contributed by atoms with Gasteiger partial charge in [0.25, 0.3) is 11.6 Å². The first-order valence-corrected chi connectivity index (χ1v) is 8.73. The number of hydrogen-bond donors (Lipinski definition) is 1. The number of aromatic amines is 1. The molecule has 0 aliphatic rings. The lowest BCUT2D eigenvalue weighted by Crippen LogP contribution is -2.12. The molecule has 0 fully saturated rings. The highest BCUT2D eigenvalue weighted by atomic mass is 32.2. The van der Waals surface area contributed by atoms with Crippen LogP contribution < -0.4 is 15.0 Å². The minimum atomic E-state index is -0.199. The zero-order valence-electron chi connectivity index (χ0n) is 13.5. The van der Waals surface area contributed by atoms with E-state index >= 15 is 0 Å². The molecule has 5 nitrogen and oxygen atoms in total. The summed E-state index contributed by atoms with van der Waals surface area (Å²) in [5.41, 5.74) is 0.445. The van der Waals surface area contributed by atoms with Gasteiger partial charge in [0.2, 0.25) is 0 Å². The predicted molar refractivity (Wildman–Crippen MR) is 92.7 cm³/mol. The van der Waals surface area contributed by atoms with Gasteiger partial charge in [0.05, 0.1) is 6.61 Å². The van der Waals surface area contributed by atoms with Crippen LogP contribution in [0.5, 0.6) is 11.8 Å². The van der Waals surface area contributed by atoms with Crippen LogP contribution >= 0.6 is 11.8 Å². The molecule has 0 saturated carbocycles. The number of unbranched alkanes of at least 4 members (excludes halogenated alkanes) is 1. The van der Waals surface area contributed by atoms with Crippen LogP contribution in [0.2, 0.25) is 0 Å². The van der Waals surface area contributed by atoms with Gasteiger partial charge in [-0.2, -0.15) is 0 Å². The summed E-state index contributed by atoms with van der Waals surface area (Å²) in [6.45, 7) is 5.10. The summed E-state index contributed by atoms with van der Waals surface area (Å²) in [4.78, 5) is 19.1. The summed E-state index contributed by atoms with van der Waals surface area (Å²) in [5.74, 6) is 1.65. The zero-order valence-corrected chi connectivity index (χ0v) is 14.3. The van der Waals surface area contributed by atoms with Gasteiger partial charge in [-0.15, -0.1) is 11.8 Å². The van der Waals surface area contributed by atoms with Crippen molar-refractivity contribution in [3.05, 3.63) is 46.4 Å². The standard InChI is InChI=1S/C17H22N2O3S/c1-3-4-9-21-14-7-5-6-8-15(14)23-11-10-22-17-18-13(2)12-16(20)19-17/h5-8,12H,3-4,9-11H2,1-2H3,(H,18,19,20). The van der Waals surface area contributed by atoms with Gasteiger partial charge in [0, 0.05) is 22.4 Å². The van der Waals surface area contributed by atoms with Crippen LogP contribution in [0.1, 0.15) is 25.5 Å². The second kappa shape index (κ2) is 9.25. The number of rotatable bonds is 9. The molecule has 1 aromatic heterocycles. The average molecular weight is 334 g/mol. The van der Waals surface area contributed by atoms with E-state index in [2.05, 4.69) is 16.9 Å². The second-order valence-electron chi connectivity index (χ2n) is 5.04. The molecule has 2 aromatic rings. The van der Waals surface area contributed by atoms with Crippen molar-refractivity contribution in [2.24, 2.45) is 0 Å². The molecule has 0 saturated heterocycles. The fraction of sp³-hybridized carbons (Fsp3) is 0.412. The summed E-state index contributed by atoms with van der Waals surface area (Å²) in [6, 6.07) is 9.70. The summed E-state index contributed by atoms with van der Waals surface area (Å²) >= 11 is 1.66. The molecule has 23 heavy (non-hydrogen) atoms. The molecule has 0 atom stereocenters. The van der Waals surface area contributed by atoms with E-state index < -0.39 is 0 Å². The molecule has 0 radical (unpaired) electrons. The van der Waals surface area contributed by atoms with Crippen LogP contribution in [0.15, 0.2) is 40.0 Å². The molecule has 1 heterocycles. The number of aryl methyl sites for hydroxylation is 1. The lowest BCUT2D eigenvalue weighted by molar-refractivity contribution is 0.302. The third kappa shape index (κ3) is 5.98. The monoisotopic (exact) mass is 334 g/mol. The maximum Gasteiger partial charge on any atom is 0.296 e. The van der Waals surface area contributed by atoms with Gasteiger partial charge < -0.3 is 9.47 Å². The van der Waals surface area contributed by atoms with Crippen molar-refractivity contribution in [3.63, 3.8) is 0 Å². The van der Waals surface area contributed by atoms with Crippen molar-refractivity contribution in [1.29, 1.82) is 0 Å². The number of nitrogens with one attached hydrogen (secondary N) is 1. The molecule has 1 N–H and O–H groups in total. The number of H-pyrrole nitrogens is 1. The Balaban J connectivity index is 1.83. The van der Waals surface area contributed by atoms with E-state index in [0.29, 0.717) is 12.3 Å². The molecular formula is C17H22N2O3S. The van der Waals surface area contributed by atoms with Crippen molar-refractivity contribution in [1.82, 2.24) is 9.97 Å². The van der Waals surface area contributed by atoms with E-state index in [1.165, 1.54) is 6.07 Å². The first-order valence-electron chi connectivity index (χ1n) is 7.74. The lowest BCUT2D eigenvalue weighted by Gasteiger charge is -2.11. The van der Waals surface area contributed by atoms with Crippen molar-refractivity contribution >= 4 is 11.8 Å². The molecule has 0 unspecified atom stereocenters. The van der Waals surface area contributed by atoms with Gasteiger partial charge in [-0.1, -0.05) is 25.5 Å². The van der Waals surface area contributed by atoms with Crippen LogP contribution in [0, 0.1) is 6.92 Å². The molecule has 0 bridgehead atoms. The Morgan fingerprint density at radius 1 is 1.22 bits per heavy atom.